The predicted molar refractivity (Wildman–Crippen MR) is 91.1 cm³/mol. The van der Waals surface area contributed by atoms with Crippen molar-refractivity contribution >= 4 is 5.91 Å². The molecule has 2 rings (SSSR count). The van der Waals surface area contributed by atoms with Crippen LogP contribution in [0.5, 0.6) is 11.5 Å². The van der Waals surface area contributed by atoms with E-state index in [1.165, 1.54) is 5.56 Å². The molecular weight excluding hydrogens is 290 g/mol. The molecule has 23 heavy (non-hydrogen) atoms. The van der Waals surface area contributed by atoms with Crippen molar-refractivity contribution < 1.29 is 14.3 Å². The standard InChI is InChI=1S/C19H23NO3/c1-14-11-15(2)19(16(3)12-14)22-10-9-20-18(21)13-23-17-7-5-4-6-8-17/h4-8,11-12H,9-10,13H2,1-3H3,(H,20,21). The number of hydrogen-bond donors (Lipinski definition) is 1. The summed E-state index contributed by atoms with van der Waals surface area (Å²) in [5.41, 5.74) is 3.45. The third kappa shape index (κ3) is 5.33. The number of carbonyl (C=O) groups excluding carboxylic acids is 1. The van der Waals surface area contributed by atoms with Gasteiger partial charge in [0.05, 0.1) is 6.54 Å². The van der Waals surface area contributed by atoms with Crippen molar-refractivity contribution in [3.05, 3.63) is 59.2 Å². The Morgan fingerprint density at radius 3 is 2.30 bits per heavy atom. The first-order valence-electron chi connectivity index (χ1n) is 7.71. The summed E-state index contributed by atoms with van der Waals surface area (Å²) in [4.78, 5) is 11.7. The highest BCUT2D eigenvalue weighted by Gasteiger charge is 2.06. The van der Waals surface area contributed by atoms with Crippen LogP contribution < -0.4 is 14.8 Å². The maximum atomic E-state index is 11.7. The number of rotatable bonds is 7. The van der Waals surface area contributed by atoms with Crippen LogP contribution in [0.3, 0.4) is 0 Å². The third-order valence-corrected chi connectivity index (χ3v) is 3.39. The molecular formula is C19H23NO3. The molecule has 0 saturated carbocycles. The maximum Gasteiger partial charge on any atom is 0.258 e. The molecule has 2 aromatic carbocycles. The maximum absolute atomic E-state index is 11.7. The van der Waals surface area contributed by atoms with Gasteiger partial charge in [0, 0.05) is 0 Å². The molecule has 122 valence electrons. The van der Waals surface area contributed by atoms with E-state index in [2.05, 4.69) is 24.4 Å². The van der Waals surface area contributed by atoms with E-state index in [1.807, 2.05) is 44.2 Å². The first-order chi connectivity index (χ1) is 11.1. The fraction of sp³-hybridized carbons (Fsp3) is 0.316. The van der Waals surface area contributed by atoms with Gasteiger partial charge in [0.1, 0.15) is 18.1 Å². The summed E-state index contributed by atoms with van der Waals surface area (Å²) in [6.07, 6.45) is 0. The summed E-state index contributed by atoms with van der Waals surface area (Å²) in [5.74, 6) is 1.42. The summed E-state index contributed by atoms with van der Waals surface area (Å²) in [5, 5.41) is 2.78. The molecule has 1 amide bonds. The van der Waals surface area contributed by atoms with Gasteiger partial charge in [0.25, 0.3) is 5.91 Å². The van der Waals surface area contributed by atoms with Crippen molar-refractivity contribution in [3.8, 4) is 11.5 Å². The van der Waals surface area contributed by atoms with Gasteiger partial charge in [-0.1, -0.05) is 35.9 Å². The van der Waals surface area contributed by atoms with Crippen LogP contribution in [-0.2, 0) is 4.79 Å². The Hall–Kier alpha value is -2.49. The lowest BCUT2D eigenvalue weighted by Crippen LogP contribution is -2.32. The summed E-state index contributed by atoms with van der Waals surface area (Å²) in [7, 11) is 0. The first kappa shape index (κ1) is 16.9. The second-order valence-corrected chi connectivity index (χ2v) is 5.53. The molecule has 4 nitrogen and oxygen atoms in total. The highest BCUT2D eigenvalue weighted by atomic mass is 16.5. The smallest absolute Gasteiger partial charge is 0.258 e. The van der Waals surface area contributed by atoms with E-state index in [1.54, 1.807) is 0 Å². The Balaban J connectivity index is 1.70. The van der Waals surface area contributed by atoms with Crippen LogP contribution in [0.1, 0.15) is 16.7 Å². The molecule has 0 heterocycles. The van der Waals surface area contributed by atoms with Crippen LogP contribution >= 0.6 is 0 Å². The summed E-state index contributed by atoms with van der Waals surface area (Å²) < 4.78 is 11.2. The van der Waals surface area contributed by atoms with Crippen LogP contribution in [0.4, 0.5) is 0 Å². The predicted octanol–water partition coefficient (Wildman–Crippen LogP) is 3.19. The minimum absolute atomic E-state index is 0.00655. The zero-order valence-corrected chi connectivity index (χ0v) is 13.9. The van der Waals surface area contributed by atoms with E-state index in [0.29, 0.717) is 18.9 Å². The molecule has 0 bridgehead atoms. The van der Waals surface area contributed by atoms with E-state index >= 15 is 0 Å². The Kier molecular flexibility index (Phi) is 6.03. The molecule has 0 fully saturated rings. The Morgan fingerprint density at radius 1 is 1.00 bits per heavy atom. The van der Waals surface area contributed by atoms with Crippen molar-refractivity contribution in [3.63, 3.8) is 0 Å². The number of ether oxygens (including phenoxy) is 2. The van der Waals surface area contributed by atoms with Gasteiger partial charge in [0.2, 0.25) is 0 Å². The SMILES string of the molecule is Cc1cc(C)c(OCCNC(=O)COc2ccccc2)c(C)c1. The number of nitrogens with one attached hydrogen (secondary N) is 1. The molecule has 0 aliphatic carbocycles. The minimum atomic E-state index is -0.158. The van der Waals surface area contributed by atoms with Gasteiger partial charge in [-0.15, -0.1) is 0 Å². The van der Waals surface area contributed by atoms with Gasteiger partial charge in [0.15, 0.2) is 6.61 Å². The van der Waals surface area contributed by atoms with Crippen molar-refractivity contribution in [1.82, 2.24) is 5.32 Å². The third-order valence-electron chi connectivity index (χ3n) is 3.39. The Bertz CT molecular complexity index is 630. The molecule has 0 unspecified atom stereocenters. The number of para-hydroxylation sites is 1. The number of aryl methyl sites for hydroxylation is 3. The lowest BCUT2D eigenvalue weighted by Gasteiger charge is -2.13. The van der Waals surface area contributed by atoms with Gasteiger partial charge < -0.3 is 14.8 Å². The van der Waals surface area contributed by atoms with Crippen LogP contribution in [0.15, 0.2) is 42.5 Å². The fourth-order valence-corrected chi connectivity index (χ4v) is 2.45. The van der Waals surface area contributed by atoms with Crippen LogP contribution in [0.25, 0.3) is 0 Å². The quantitative estimate of drug-likeness (QED) is 0.799. The number of hydrogen-bond acceptors (Lipinski definition) is 3. The Labute approximate surface area is 137 Å². The topological polar surface area (TPSA) is 47.6 Å². The molecule has 0 aliphatic rings. The first-order valence-corrected chi connectivity index (χ1v) is 7.71. The normalized spacial score (nSPS) is 10.2. The molecule has 0 aromatic heterocycles. The van der Waals surface area contributed by atoms with E-state index in [-0.39, 0.29) is 12.5 Å². The largest absolute Gasteiger partial charge is 0.491 e. The van der Waals surface area contributed by atoms with E-state index in [0.717, 1.165) is 16.9 Å². The summed E-state index contributed by atoms with van der Waals surface area (Å²) in [6.45, 7) is 7.01. The van der Waals surface area contributed by atoms with Gasteiger partial charge in [-0.05, 0) is 44.0 Å². The van der Waals surface area contributed by atoms with Crippen LogP contribution in [-0.4, -0.2) is 25.7 Å². The summed E-state index contributed by atoms with van der Waals surface area (Å²) >= 11 is 0. The molecule has 0 aliphatic heterocycles. The number of carbonyl (C=O) groups is 1. The molecule has 1 N–H and O–H groups in total. The van der Waals surface area contributed by atoms with Crippen LogP contribution in [0, 0.1) is 20.8 Å². The monoisotopic (exact) mass is 313 g/mol. The van der Waals surface area contributed by atoms with Crippen molar-refractivity contribution in [1.29, 1.82) is 0 Å². The van der Waals surface area contributed by atoms with Gasteiger partial charge in [-0.25, -0.2) is 0 Å². The van der Waals surface area contributed by atoms with E-state index < -0.39 is 0 Å². The van der Waals surface area contributed by atoms with E-state index in [4.69, 9.17) is 9.47 Å². The molecule has 0 atom stereocenters. The summed E-state index contributed by atoms with van der Waals surface area (Å²) in [6, 6.07) is 13.5. The zero-order chi connectivity index (χ0) is 16.7. The second kappa shape index (κ2) is 8.22. The molecule has 2 aromatic rings. The highest BCUT2D eigenvalue weighted by molar-refractivity contribution is 5.77. The lowest BCUT2D eigenvalue weighted by atomic mass is 10.1. The molecule has 0 spiro atoms. The van der Waals surface area contributed by atoms with Crippen molar-refractivity contribution in [2.45, 2.75) is 20.8 Å². The van der Waals surface area contributed by atoms with Gasteiger partial charge >= 0.3 is 0 Å². The number of benzene rings is 2. The van der Waals surface area contributed by atoms with Crippen molar-refractivity contribution in [2.75, 3.05) is 19.8 Å². The van der Waals surface area contributed by atoms with Crippen LogP contribution in [0.2, 0.25) is 0 Å². The van der Waals surface area contributed by atoms with Gasteiger partial charge in [-0.3, -0.25) is 4.79 Å². The Morgan fingerprint density at radius 2 is 1.65 bits per heavy atom. The molecule has 0 saturated heterocycles. The van der Waals surface area contributed by atoms with Gasteiger partial charge in [-0.2, -0.15) is 0 Å². The van der Waals surface area contributed by atoms with Crippen molar-refractivity contribution in [2.24, 2.45) is 0 Å². The zero-order valence-electron chi connectivity index (χ0n) is 13.9. The molecule has 0 radical (unpaired) electrons. The average Bonchev–Trinajstić information content (AvgIpc) is 2.52. The minimum Gasteiger partial charge on any atom is -0.491 e. The second-order valence-electron chi connectivity index (χ2n) is 5.53. The highest BCUT2D eigenvalue weighted by Crippen LogP contribution is 2.24. The lowest BCUT2D eigenvalue weighted by molar-refractivity contribution is -0.123. The van der Waals surface area contributed by atoms with E-state index in [9.17, 15) is 4.79 Å². The fourth-order valence-electron chi connectivity index (χ4n) is 2.45. The average molecular weight is 313 g/mol. The molecule has 4 heteroatoms. The number of amides is 1.